The van der Waals surface area contributed by atoms with E-state index in [1.165, 1.54) is 11.3 Å². The van der Waals surface area contributed by atoms with E-state index in [9.17, 15) is 4.79 Å². The van der Waals surface area contributed by atoms with Gasteiger partial charge in [0.05, 0.1) is 23.1 Å². The van der Waals surface area contributed by atoms with Crippen LogP contribution in [-0.2, 0) is 4.74 Å². The molecule has 1 heterocycles. The van der Waals surface area contributed by atoms with Gasteiger partial charge in [0.25, 0.3) is 0 Å². The lowest BCUT2D eigenvalue weighted by Crippen LogP contribution is -2.06. The maximum atomic E-state index is 12.0. The maximum Gasteiger partial charge on any atom is 0.358 e. The van der Waals surface area contributed by atoms with E-state index in [-0.39, 0.29) is 0 Å². The van der Waals surface area contributed by atoms with Crippen molar-refractivity contribution in [2.75, 3.05) is 13.2 Å². The zero-order chi connectivity index (χ0) is 14.5. The van der Waals surface area contributed by atoms with Crippen LogP contribution in [0.15, 0.2) is 24.3 Å². The first-order valence-corrected chi connectivity index (χ1v) is 7.35. The fourth-order valence-electron chi connectivity index (χ4n) is 1.88. The van der Waals surface area contributed by atoms with Crippen LogP contribution in [0.3, 0.4) is 0 Å². The number of benzene rings is 1. The molecule has 5 heteroatoms. The summed E-state index contributed by atoms with van der Waals surface area (Å²) in [4.78, 5) is 17.1. The standard InChI is InChI=1S/C15H17NO3S/c1-4-18-12-9-7-6-8-11(12)14-13(15(17)19-5-2)16-10(3)20-14/h6-9H,4-5H2,1-3H3. The lowest BCUT2D eigenvalue weighted by molar-refractivity contribution is 0.0521. The summed E-state index contributed by atoms with van der Waals surface area (Å²) in [5.74, 6) is 0.363. The van der Waals surface area contributed by atoms with E-state index in [0.29, 0.717) is 18.9 Å². The summed E-state index contributed by atoms with van der Waals surface area (Å²) < 4.78 is 10.7. The van der Waals surface area contributed by atoms with Crippen molar-refractivity contribution in [3.63, 3.8) is 0 Å². The summed E-state index contributed by atoms with van der Waals surface area (Å²) in [5, 5.41) is 0.828. The molecule has 0 N–H and O–H groups in total. The van der Waals surface area contributed by atoms with Crippen molar-refractivity contribution in [1.29, 1.82) is 0 Å². The lowest BCUT2D eigenvalue weighted by Gasteiger charge is -2.09. The third-order valence-corrected chi connectivity index (χ3v) is 3.64. The SMILES string of the molecule is CCOC(=O)c1nc(C)sc1-c1ccccc1OCC. The van der Waals surface area contributed by atoms with Crippen LogP contribution in [0.25, 0.3) is 10.4 Å². The Morgan fingerprint density at radius 2 is 2.00 bits per heavy atom. The van der Waals surface area contributed by atoms with Crippen LogP contribution in [0.4, 0.5) is 0 Å². The molecule has 2 aromatic rings. The van der Waals surface area contributed by atoms with Gasteiger partial charge in [-0.15, -0.1) is 11.3 Å². The molecule has 1 aromatic carbocycles. The van der Waals surface area contributed by atoms with Crippen molar-refractivity contribution in [1.82, 2.24) is 4.98 Å². The van der Waals surface area contributed by atoms with E-state index in [1.54, 1.807) is 6.92 Å². The Kier molecular flexibility index (Phi) is 4.74. The van der Waals surface area contributed by atoms with Crippen LogP contribution in [0, 0.1) is 6.92 Å². The van der Waals surface area contributed by atoms with E-state index in [1.807, 2.05) is 38.1 Å². The molecule has 0 spiro atoms. The number of thiazole rings is 1. The maximum absolute atomic E-state index is 12.0. The van der Waals surface area contributed by atoms with Crippen molar-refractivity contribution in [3.05, 3.63) is 35.0 Å². The van der Waals surface area contributed by atoms with Crippen molar-refractivity contribution < 1.29 is 14.3 Å². The van der Waals surface area contributed by atoms with E-state index in [0.717, 1.165) is 21.2 Å². The topological polar surface area (TPSA) is 48.4 Å². The number of para-hydroxylation sites is 1. The molecule has 0 amide bonds. The van der Waals surface area contributed by atoms with Gasteiger partial charge in [-0.05, 0) is 32.9 Å². The lowest BCUT2D eigenvalue weighted by atomic mass is 10.1. The molecule has 4 nitrogen and oxygen atoms in total. The average Bonchev–Trinajstić information content (AvgIpc) is 2.82. The highest BCUT2D eigenvalue weighted by atomic mass is 32.1. The fourth-order valence-corrected chi connectivity index (χ4v) is 2.82. The predicted octanol–water partition coefficient (Wildman–Crippen LogP) is 3.69. The number of esters is 1. The molecule has 0 aliphatic carbocycles. The second kappa shape index (κ2) is 6.52. The molecule has 1 aromatic heterocycles. The van der Waals surface area contributed by atoms with E-state index < -0.39 is 5.97 Å². The second-order valence-electron chi connectivity index (χ2n) is 4.06. The summed E-state index contributed by atoms with van der Waals surface area (Å²) in [6.45, 7) is 6.50. The normalized spacial score (nSPS) is 10.3. The molecule has 0 bridgehead atoms. The highest BCUT2D eigenvalue weighted by Gasteiger charge is 2.21. The van der Waals surface area contributed by atoms with Gasteiger partial charge in [-0.2, -0.15) is 0 Å². The Balaban J connectivity index is 2.50. The minimum Gasteiger partial charge on any atom is -0.493 e. The van der Waals surface area contributed by atoms with Gasteiger partial charge in [-0.3, -0.25) is 0 Å². The molecule has 0 aliphatic heterocycles. The third-order valence-electron chi connectivity index (χ3n) is 2.63. The van der Waals surface area contributed by atoms with Crippen molar-refractivity contribution in [3.8, 4) is 16.2 Å². The largest absolute Gasteiger partial charge is 0.493 e. The second-order valence-corrected chi connectivity index (χ2v) is 5.26. The molecule has 0 unspecified atom stereocenters. The number of rotatable bonds is 5. The molecule has 20 heavy (non-hydrogen) atoms. The summed E-state index contributed by atoms with van der Waals surface area (Å²) >= 11 is 1.47. The van der Waals surface area contributed by atoms with Crippen molar-refractivity contribution in [2.45, 2.75) is 20.8 Å². The van der Waals surface area contributed by atoms with Crippen LogP contribution in [0.5, 0.6) is 5.75 Å². The molecule has 0 saturated carbocycles. The fraction of sp³-hybridized carbons (Fsp3) is 0.333. The Labute approximate surface area is 122 Å². The molecule has 0 fully saturated rings. The van der Waals surface area contributed by atoms with Gasteiger partial charge < -0.3 is 9.47 Å². The van der Waals surface area contributed by atoms with Crippen molar-refractivity contribution >= 4 is 17.3 Å². The first-order chi connectivity index (χ1) is 9.67. The Morgan fingerprint density at radius 1 is 1.25 bits per heavy atom. The van der Waals surface area contributed by atoms with Crippen LogP contribution in [0.2, 0.25) is 0 Å². The highest BCUT2D eigenvalue weighted by Crippen LogP contribution is 2.36. The van der Waals surface area contributed by atoms with Gasteiger partial charge >= 0.3 is 5.97 Å². The van der Waals surface area contributed by atoms with Gasteiger partial charge in [0.2, 0.25) is 0 Å². The summed E-state index contributed by atoms with van der Waals surface area (Å²) in [5.41, 5.74) is 1.24. The van der Waals surface area contributed by atoms with E-state index in [4.69, 9.17) is 9.47 Å². The number of aromatic nitrogens is 1. The number of hydrogen-bond donors (Lipinski definition) is 0. The average molecular weight is 291 g/mol. The molecule has 2 rings (SSSR count). The van der Waals surface area contributed by atoms with Gasteiger partial charge in [0.15, 0.2) is 5.69 Å². The molecular weight excluding hydrogens is 274 g/mol. The summed E-state index contributed by atoms with van der Waals surface area (Å²) in [6.07, 6.45) is 0. The Morgan fingerprint density at radius 3 is 2.70 bits per heavy atom. The zero-order valence-corrected chi connectivity index (χ0v) is 12.6. The van der Waals surface area contributed by atoms with E-state index >= 15 is 0 Å². The van der Waals surface area contributed by atoms with E-state index in [2.05, 4.69) is 4.98 Å². The quantitative estimate of drug-likeness (QED) is 0.788. The third kappa shape index (κ3) is 2.99. The zero-order valence-electron chi connectivity index (χ0n) is 11.8. The molecule has 0 aliphatic rings. The molecule has 0 radical (unpaired) electrons. The Bertz CT molecular complexity index is 607. The number of carbonyl (C=O) groups is 1. The predicted molar refractivity (Wildman–Crippen MR) is 79.4 cm³/mol. The number of carbonyl (C=O) groups excluding carboxylic acids is 1. The van der Waals surface area contributed by atoms with Crippen LogP contribution in [-0.4, -0.2) is 24.2 Å². The molecule has 0 saturated heterocycles. The molecule has 106 valence electrons. The smallest absolute Gasteiger partial charge is 0.358 e. The number of nitrogens with zero attached hydrogens (tertiary/aromatic N) is 1. The molecular formula is C15H17NO3S. The number of ether oxygens (including phenoxy) is 2. The minimum absolute atomic E-state index is 0.335. The summed E-state index contributed by atoms with van der Waals surface area (Å²) in [7, 11) is 0. The van der Waals surface area contributed by atoms with Gasteiger partial charge in [-0.25, -0.2) is 9.78 Å². The minimum atomic E-state index is -0.391. The van der Waals surface area contributed by atoms with Crippen molar-refractivity contribution in [2.24, 2.45) is 0 Å². The first-order valence-electron chi connectivity index (χ1n) is 6.54. The number of aryl methyl sites for hydroxylation is 1. The molecule has 0 atom stereocenters. The van der Waals surface area contributed by atoms with Gasteiger partial charge in [-0.1, -0.05) is 12.1 Å². The van der Waals surface area contributed by atoms with Crippen LogP contribution < -0.4 is 4.74 Å². The monoisotopic (exact) mass is 291 g/mol. The van der Waals surface area contributed by atoms with Crippen LogP contribution in [0.1, 0.15) is 29.3 Å². The van der Waals surface area contributed by atoms with Crippen LogP contribution >= 0.6 is 11.3 Å². The first kappa shape index (κ1) is 14.5. The highest BCUT2D eigenvalue weighted by molar-refractivity contribution is 7.15. The number of hydrogen-bond acceptors (Lipinski definition) is 5. The summed E-state index contributed by atoms with van der Waals surface area (Å²) in [6, 6.07) is 7.65. The van der Waals surface area contributed by atoms with Gasteiger partial charge in [0.1, 0.15) is 5.75 Å². The van der Waals surface area contributed by atoms with Gasteiger partial charge in [0, 0.05) is 5.56 Å². The Hall–Kier alpha value is -1.88.